The first-order valence-electron chi connectivity index (χ1n) is 13.9. The molecule has 204 valence electrons. The van der Waals surface area contributed by atoms with Gasteiger partial charge in [0, 0.05) is 17.8 Å². The molecular weight excluding hydrogens is 460 g/mol. The molecule has 4 saturated carbocycles. The second-order valence-corrected chi connectivity index (χ2v) is 13.2. The van der Waals surface area contributed by atoms with E-state index in [0.717, 1.165) is 19.3 Å². The van der Waals surface area contributed by atoms with Crippen LogP contribution < -0.4 is 0 Å². The van der Waals surface area contributed by atoms with E-state index in [9.17, 15) is 29.7 Å². The van der Waals surface area contributed by atoms with Crippen molar-refractivity contribution >= 4 is 17.5 Å². The first-order valence-corrected chi connectivity index (χ1v) is 13.9. The average molecular weight is 507 g/mol. The third-order valence-electron chi connectivity index (χ3n) is 12.0. The van der Waals surface area contributed by atoms with Crippen LogP contribution in [0.4, 0.5) is 0 Å². The van der Waals surface area contributed by atoms with Crippen molar-refractivity contribution in [2.24, 2.45) is 46.3 Å². The van der Waals surface area contributed by atoms with Crippen LogP contribution in [0.2, 0.25) is 0 Å². The number of methoxy groups -OCH3 is 1. The Morgan fingerprint density at radius 1 is 1.00 bits per heavy atom. The molecule has 0 spiro atoms. The number of fused-ring (bicyclic) bond motifs is 5. The van der Waals surface area contributed by atoms with Gasteiger partial charge in [0.1, 0.15) is 11.2 Å². The summed E-state index contributed by atoms with van der Waals surface area (Å²) in [6.45, 7) is 9.21. The summed E-state index contributed by atoms with van der Waals surface area (Å²) >= 11 is 0. The minimum absolute atomic E-state index is 0.0306. The summed E-state index contributed by atoms with van der Waals surface area (Å²) in [4.78, 5) is 38.4. The van der Waals surface area contributed by atoms with Crippen molar-refractivity contribution in [3.05, 3.63) is 0 Å². The molecule has 0 saturated heterocycles. The maximum atomic E-state index is 13.3. The van der Waals surface area contributed by atoms with Gasteiger partial charge in [0.2, 0.25) is 0 Å². The molecule has 4 fully saturated rings. The lowest BCUT2D eigenvalue weighted by Crippen LogP contribution is -2.72. The molecule has 4 rings (SSSR count). The highest BCUT2D eigenvalue weighted by molar-refractivity contribution is 5.88. The van der Waals surface area contributed by atoms with Crippen molar-refractivity contribution < 1.29 is 34.4 Å². The van der Waals surface area contributed by atoms with E-state index in [1.165, 1.54) is 21.0 Å². The molecule has 0 aliphatic heterocycles. The minimum Gasteiger partial charge on any atom is -0.469 e. The van der Waals surface area contributed by atoms with Crippen LogP contribution in [0.25, 0.3) is 0 Å². The number of ether oxygens (including phenoxy) is 1. The highest BCUT2D eigenvalue weighted by Crippen LogP contribution is 2.72. The normalized spacial score (nSPS) is 48.8. The third-order valence-corrected chi connectivity index (χ3v) is 12.0. The molecule has 0 aromatic heterocycles. The van der Waals surface area contributed by atoms with Gasteiger partial charge in [-0.15, -0.1) is 0 Å². The van der Waals surface area contributed by atoms with Crippen molar-refractivity contribution in [2.45, 2.75) is 110 Å². The number of carbonyl (C=O) groups excluding carboxylic acids is 3. The fourth-order valence-corrected chi connectivity index (χ4v) is 9.79. The average Bonchev–Trinajstić information content (AvgIpc) is 3.17. The predicted octanol–water partition coefficient (Wildman–Crippen LogP) is 3.46. The van der Waals surface area contributed by atoms with Crippen LogP contribution in [0.5, 0.6) is 0 Å². The van der Waals surface area contributed by atoms with E-state index in [1.807, 2.05) is 6.92 Å². The maximum absolute atomic E-state index is 13.3. The number of ketones is 2. The summed E-state index contributed by atoms with van der Waals surface area (Å²) in [6.07, 6.45) is 4.39. The number of hydrogen-bond donors (Lipinski definition) is 3. The zero-order valence-electron chi connectivity index (χ0n) is 22.9. The molecule has 0 aromatic carbocycles. The first kappa shape index (κ1) is 27.7. The molecule has 0 radical (unpaired) electrons. The molecular formula is C29H46O7. The van der Waals surface area contributed by atoms with Gasteiger partial charge in [0.05, 0.1) is 13.2 Å². The van der Waals surface area contributed by atoms with Gasteiger partial charge in [-0.3, -0.25) is 14.4 Å². The van der Waals surface area contributed by atoms with E-state index in [1.54, 1.807) is 0 Å². The van der Waals surface area contributed by atoms with Crippen molar-refractivity contribution in [3.63, 3.8) is 0 Å². The quantitative estimate of drug-likeness (QED) is 0.472. The lowest BCUT2D eigenvalue weighted by atomic mass is 9.37. The number of Topliss-reactive ketones (excluding diaryl/α,β-unsaturated/α-hetero) is 2. The summed E-state index contributed by atoms with van der Waals surface area (Å²) < 4.78 is 4.84. The second-order valence-electron chi connectivity index (χ2n) is 13.2. The van der Waals surface area contributed by atoms with Gasteiger partial charge in [-0.1, -0.05) is 20.8 Å². The summed E-state index contributed by atoms with van der Waals surface area (Å²) in [5.74, 6) is -1.56. The smallest absolute Gasteiger partial charge is 0.305 e. The summed E-state index contributed by atoms with van der Waals surface area (Å²) in [5.41, 5.74) is -4.22. The Labute approximate surface area is 215 Å². The minimum atomic E-state index is -1.59. The van der Waals surface area contributed by atoms with Gasteiger partial charge in [0.25, 0.3) is 0 Å². The Balaban J connectivity index is 1.81. The SMILES string of the molecule is COC(=O)CC[C@@H](C)[C@H]1CC[C@H]2[C@H]3[C@H](C[C@@](O)(C(C)=O)[C@]12C)[C@@]1(C)CC[C@@H](O)C[C@H]1C[C@]3(O)C(C)=O. The number of rotatable bonds is 6. The topological polar surface area (TPSA) is 121 Å². The fourth-order valence-electron chi connectivity index (χ4n) is 9.79. The zero-order valence-corrected chi connectivity index (χ0v) is 22.9. The van der Waals surface area contributed by atoms with Gasteiger partial charge in [0.15, 0.2) is 11.6 Å². The fraction of sp³-hybridized carbons (Fsp3) is 0.897. The van der Waals surface area contributed by atoms with E-state index < -0.39 is 22.7 Å². The summed E-state index contributed by atoms with van der Waals surface area (Å²) in [5, 5.41) is 34.9. The third kappa shape index (κ3) is 3.74. The molecule has 7 nitrogen and oxygen atoms in total. The van der Waals surface area contributed by atoms with Gasteiger partial charge in [-0.2, -0.15) is 0 Å². The number of esters is 1. The zero-order chi connectivity index (χ0) is 26.8. The van der Waals surface area contributed by atoms with Gasteiger partial charge in [-0.25, -0.2) is 0 Å². The van der Waals surface area contributed by atoms with Crippen LogP contribution in [0.1, 0.15) is 92.4 Å². The monoisotopic (exact) mass is 506 g/mol. The maximum Gasteiger partial charge on any atom is 0.305 e. The highest BCUT2D eigenvalue weighted by Gasteiger charge is 2.74. The lowest BCUT2D eigenvalue weighted by molar-refractivity contribution is -0.259. The summed E-state index contributed by atoms with van der Waals surface area (Å²) in [7, 11) is 1.37. The van der Waals surface area contributed by atoms with E-state index in [-0.39, 0.29) is 71.3 Å². The number of carbonyl (C=O) groups is 3. The van der Waals surface area contributed by atoms with Crippen molar-refractivity contribution in [3.8, 4) is 0 Å². The van der Waals surface area contributed by atoms with E-state index in [2.05, 4.69) is 13.8 Å². The highest BCUT2D eigenvalue weighted by atomic mass is 16.5. The van der Waals surface area contributed by atoms with E-state index in [4.69, 9.17) is 4.74 Å². The Bertz CT molecular complexity index is 917. The van der Waals surface area contributed by atoms with Gasteiger partial charge >= 0.3 is 5.97 Å². The molecule has 0 amide bonds. The predicted molar refractivity (Wildman–Crippen MR) is 134 cm³/mol. The molecule has 4 aliphatic carbocycles. The first-order chi connectivity index (χ1) is 16.7. The Morgan fingerprint density at radius 2 is 1.67 bits per heavy atom. The van der Waals surface area contributed by atoms with Crippen molar-refractivity contribution in [2.75, 3.05) is 7.11 Å². The Hall–Kier alpha value is -1.31. The van der Waals surface area contributed by atoms with Crippen LogP contribution in [-0.4, -0.2) is 57.3 Å². The van der Waals surface area contributed by atoms with Crippen LogP contribution in [0.3, 0.4) is 0 Å². The molecule has 0 unspecified atom stereocenters. The molecule has 0 heterocycles. The van der Waals surface area contributed by atoms with E-state index >= 15 is 0 Å². The standard InChI is InChI=1S/C29H46O7/c1-16(7-10-24(33)36-6)21-8-9-22-25-23(15-29(35,18(3)31)27(21,22)5)26(4)12-11-20(32)13-19(26)14-28(25,34)17(2)30/h16,19-23,25,32,34-35H,7-15H2,1-6H3/t16-,19+,20-,21-,22+,23+,25+,26+,27-,28+,29-/m1/s1. The number of aliphatic hydroxyl groups excluding tert-OH is 1. The van der Waals surface area contributed by atoms with Crippen LogP contribution in [0.15, 0.2) is 0 Å². The van der Waals surface area contributed by atoms with Gasteiger partial charge < -0.3 is 20.1 Å². The molecule has 7 heteroatoms. The van der Waals surface area contributed by atoms with Crippen molar-refractivity contribution in [1.29, 1.82) is 0 Å². The lowest BCUT2D eigenvalue weighted by Gasteiger charge is -2.68. The van der Waals surface area contributed by atoms with Crippen LogP contribution in [-0.2, 0) is 19.1 Å². The Morgan fingerprint density at radius 3 is 2.25 bits per heavy atom. The van der Waals surface area contributed by atoms with Crippen LogP contribution in [0, 0.1) is 46.3 Å². The number of hydrogen-bond acceptors (Lipinski definition) is 7. The molecule has 36 heavy (non-hydrogen) atoms. The molecule has 11 atom stereocenters. The number of aliphatic hydroxyl groups is 3. The largest absolute Gasteiger partial charge is 0.469 e. The second kappa shape index (κ2) is 9.16. The molecule has 0 bridgehead atoms. The molecule has 3 N–H and O–H groups in total. The van der Waals surface area contributed by atoms with Gasteiger partial charge in [-0.05, 0) is 100 Å². The van der Waals surface area contributed by atoms with Crippen molar-refractivity contribution in [1.82, 2.24) is 0 Å². The Kier molecular flexibility index (Phi) is 7.05. The van der Waals surface area contributed by atoms with Crippen LogP contribution >= 0.6 is 0 Å². The van der Waals surface area contributed by atoms with E-state index in [0.29, 0.717) is 25.7 Å². The summed E-state index contributed by atoms with van der Waals surface area (Å²) in [6, 6.07) is 0. The molecule has 0 aromatic rings. The molecule has 4 aliphatic rings.